The van der Waals surface area contributed by atoms with Crippen molar-refractivity contribution in [2.24, 2.45) is 0 Å². The van der Waals surface area contributed by atoms with Gasteiger partial charge in [-0.25, -0.2) is 4.79 Å². The topological polar surface area (TPSA) is 42.0 Å². The minimum Gasteiger partial charge on any atom is -0.489 e. The van der Waals surface area contributed by atoms with Crippen LogP contribution >= 0.6 is 0 Å². The minimum absolute atomic E-state index is 0.0907. The smallest absolute Gasteiger partial charge is 0.410 e. The van der Waals surface area contributed by atoms with E-state index in [1.54, 1.807) is 0 Å². The Kier molecular flexibility index (Phi) is 6.36. The van der Waals surface area contributed by atoms with E-state index < -0.39 is 5.60 Å². The average molecular weight is 397 g/mol. The third kappa shape index (κ3) is 5.66. The van der Waals surface area contributed by atoms with Crippen LogP contribution in [0.1, 0.15) is 38.8 Å². The monoisotopic (exact) mass is 396 g/mol. The lowest BCUT2D eigenvalue weighted by Gasteiger charge is -2.41. The van der Waals surface area contributed by atoms with E-state index in [1.165, 1.54) is 0 Å². The Morgan fingerprint density at radius 1 is 1.10 bits per heavy atom. The van der Waals surface area contributed by atoms with Gasteiger partial charge in [0.25, 0.3) is 0 Å². The van der Waals surface area contributed by atoms with E-state index in [9.17, 15) is 4.79 Å². The highest BCUT2D eigenvalue weighted by molar-refractivity contribution is 5.69. The maximum Gasteiger partial charge on any atom is 0.410 e. The van der Waals surface area contributed by atoms with Crippen LogP contribution in [0.3, 0.4) is 0 Å². The minimum atomic E-state index is -0.472. The van der Waals surface area contributed by atoms with Gasteiger partial charge in [0.2, 0.25) is 0 Å². The fraction of sp³-hybridized carbons (Fsp3) is 0.458. The number of carbonyl (C=O) groups excluding carboxylic acids is 1. The van der Waals surface area contributed by atoms with E-state index in [0.717, 1.165) is 35.7 Å². The Hall–Kier alpha value is -2.69. The van der Waals surface area contributed by atoms with Crippen LogP contribution in [0.2, 0.25) is 0 Å². The molecule has 1 aliphatic heterocycles. The van der Waals surface area contributed by atoms with E-state index in [2.05, 4.69) is 43.0 Å². The number of benzene rings is 2. The van der Waals surface area contributed by atoms with Gasteiger partial charge in [-0.3, -0.25) is 0 Å². The molecule has 0 bridgehead atoms. The van der Waals surface area contributed by atoms with Crippen LogP contribution in [0.25, 0.3) is 0 Å². The molecule has 2 aromatic carbocycles. The molecule has 2 aromatic rings. The van der Waals surface area contributed by atoms with Crippen molar-refractivity contribution in [1.82, 2.24) is 4.90 Å². The molecule has 3 rings (SSSR count). The van der Waals surface area contributed by atoms with Gasteiger partial charge in [-0.15, -0.1) is 0 Å². The van der Waals surface area contributed by atoms with Crippen LogP contribution < -0.4 is 9.64 Å². The lowest BCUT2D eigenvalue weighted by atomic mass is 10.1. The third-order valence-corrected chi connectivity index (χ3v) is 5.02. The highest BCUT2D eigenvalue weighted by Gasteiger charge is 2.31. The maximum atomic E-state index is 12.4. The van der Waals surface area contributed by atoms with Gasteiger partial charge in [-0.1, -0.05) is 30.3 Å². The molecule has 156 valence electrons. The first kappa shape index (κ1) is 21.0. The molecule has 0 N–H and O–H groups in total. The number of hydrogen-bond donors (Lipinski definition) is 0. The molecular formula is C24H32N2O3. The van der Waals surface area contributed by atoms with Gasteiger partial charge in [0.05, 0.1) is 0 Å². The number of ether oxygens (including phenoxy) is 2. The van der Waals surface area contributed by atoms with Crippen LogP contribution in [0, 0.1) is 6.92 Å². The first-order chi connectivity index (χ1) is 13.7. The molecule has 5 heteroatoms. The van der Waals surface area contributed by atoms with Gasteiger partial charge in [-0.2, -0.15) is 0 Å². The molecule has 29 heavy (non-hydrogen) atoms. The second kappa shape index (κ2) is 8.76. The Bertz CT molecular complexity index is 830. The molecule has 1 aliphatic rings. The Morgan fingerprint density at radius 3 is 2.45 bits per heavy atom. The molecule has 1 fully saturated rings. The molecule has 0 saturated carbocycles. The zero-order valence-electron chi connectivity index (χ0n) is 18.1. The van der Waals surface area contributed by atoms with Crippen LogP contribution in [-0.4, -0.2) is 42.3 Å². The summed E-state index contributed by atoms with van der Waals surface area (Å²) in [5.41, 5.74) is 2.95. The van der Waals surface area contributed by atoms with Crippen molar-refractivity contribution in [2.45, 2.75) is 52.9 Å². The normalized spacial score (nSPS) is 17.2. The Labute approximate surface area is 174 Å². The number of aryl methyl sites for hydroxylation is 1. The second-order valence-corrected chi connectivity index (χ2v) is 8.69. The van der Waals surface area contributed by atoms with E-state index in [-0.39, 0.29) is 12.1 Å². The highest BCUT2D eigenvalue weighted by atomic mass is 16.6. The Balaban J connectivity index is 1.60. The number of carbonyl (C=O) groups is 1. The predicted molar refractivity (Wildman–Crippen MR) is 117 cm³/mol. The Morgan fingerprint density at radius 2 is 1.83 bits per heavy atom. The second-order valence-electron chi connectivity index (χ2n) is 8.69. The molecule has 0 radical (unpaired) electrons. The molecule has 0 aromatic heterocycles. The number of anilines is 1. The molecule has 1 unspecified atom stereocenters. The van der Waals surface area contributed by atoms with Crippen molar-refractivity contribution in [3.8, 4) is 5.75 Å². The van der Waals surface area contributed by atoms with Crippen LogP contribution in [-0.2, 0) is 11.3 Å². The third-order valence-electron chi connectivity index (χ3n) is 5.02. The van der Waals surface area contributed by atoms with Crippen molar-refractivity contribution in [1.29, 1.82) is 0 Å². The van der Waals surface area contributed by atoms with E-state index in [0.29, 0.717) is 13.2 Å². The number of rotatable bonds is 4. The van der Waals surface area contributed by atoms with Gasteiger partial charge in [0.15, 0.2) is 0 Å². The van der Waals surface area contributed by atoms with Crippen LogP contribution in [0.4, 0.5) is 10.5 Å². The predicted octanol–water partition coefficient (Wildman–Crippen LogP) is 5.02. The SMILES string of the molecule is Cc1cc(N2CCN(C(=O)OC(C)(C)C)C(C)C2)ccc1OCc1ccccc1. The summed E-state index contributed by atoms with van der Waals surface area (Å²) in [6.45, 7) is 12.6. The molecule has 0 aliphatic carbocycles. The molecule has 5 nitrogen and oxygen atoms in total. The largest absolute Gasteiger partial charge is 0.489 e. The summed E-state index contributed by atoms with van der Waals surface area (Å²) in [4.78, 5) is 16.6. The first-order valence-corrected chi connectivity index (χ1v) is 10.2. The van der Waals surface area contributed by atoms with Gasteiger partial charge in [0.1, 0.15) is 18.0 Å². The summed E-state index contributed by atoms with van der Waals surface area (Å²) in [5.74, 6) is 0.901. The standard InChI is InChI=1S/C24H32N2O3/c1-18-15-21(11-12-22(18)28-17-20-9-7-6-8-10-20)25-13-14-26(19(2)16-25)23(27)29-24(3,4)5/h6-12,15,19H,13-14,16-17H2,1-5H3. The summed E-state index contributed by atoms with van der Waals surface area (Å²) in [6.07, 6.45) is -0.231. The summed E-state index contributed by atoms with van der Waals surface area (Å²) < 4.78 is 11.5. The van der Waals surface area contributed by atoms with E-state index in [4.69, 9.17) is 9.47 Å². The zero-order valence-corrected chi connectivity index (χ0v) is 18.1. The summed E-state index contributed by atoms with van der Waals surface area (Å²) in [6, 6.07) is 16.6. The highest BCUT2D eigenvalue weighted by Crippen LogP contribution is 2.27. The number of hydrogen-bond acceptors (Lipinski definition) is 4. The van der Waals surface area contributed by atoms with Gasteiger partial charge in [0, 0.05) is 31.4 Å². The van der Waals surface area contributed by atoms with Crippen molar-refractivity contribution >= 4 is 11.8 Å². The number of nitrogens with zero attached hydrogens (tertiary/aromatic N) is 2. The number of piperazine rings is 1. The molecule has 0 spiro atoms. The average Bonchev–Trinajstić information content (AvgIpc) is 2.66. The lowest BCUT2D eigenvalue weighted by Crippen LogP contribution is -2.55. The van der Waals surface area contributed by atoms with Crippen LogP contribution in [0.15, 0.2) is 48.5 Å². The first-order valence-electron chi connectivity index (χ1n) is 10.2. The van der Waals surface area contributed by atoms with E-state index >= 15 is 0 Å². The van der Waals surface area contributed by atoms with Gasteiger partial charge >= 0.3 is 6.09 Å². The van der Waals surface area contributed by atoms with Crippen LogP contribution in [0.5, 0.6) is 5.75 Å². The van der Waals surface area contributed by atoms with Gasteiger partial charge in [-0.05, 0) is 63.9 Å². The van der Waals surface area contributed by atoms with E-state index in [1.807, 2.05) is 49.9 Å². The van der Waals surface area contributed by atoms with Gasteiger partial charge < -0.3 is 19.3 Å². The van der Waals surface area contributed by atoms with Crippen molar-refractivity contribution in [3.05, 3.63) is 59.7 Å². The molecule has 1 heterocycles. The summed E-state index contributed by atoms with van der Waals surface area (Å²) in [5, 5.41) is 0. The van der Waals surface area contributed by atoms with Crippen molar-refractivity contribution in [3.63, 3.8) is 0 Å². The lowest BCUT2D eigenvalue weighted by molar-refractivity contribution is 0.0159. The zero-order chi connectivity index (χ0) is 21.0. The summed E-state index contributed by atoms with van der Waals surface area (Å²) >= 11 is 0. The molecule has 1 amide bonds. The van der Waals surface area contributed by atoms with Crippen molar-refractivity contribution < 1.29 is 14.3 Å². The maximum absolute atomic E-state index is 12.4. The quantitative estimate of drug-likeness (QED) is 0.728. The molecule has 1 atom stereocenters. The fourth-order valence-corrected chi connectivity index (χ4v) is 3.51. The van der Waals surface area contributed by atoms with Crippen molar-refractivity contribution in [2.75, 3.05) is 24.5 Å². The number of amides is 1. The molecule has 1 saturated heterocycles. The summed E-state index contributed by atoms with van der Waals surface area (Å²) in [7, 11) is 0. The fourth-order valence-electron chi connectivity index (χ4n) is 3.51. The molecular weight excluding hydrogens is 364 g/mol.